The van der Waals surface area contributed by atoms with Gasteiger partial charge in [0.15, 0.2) is 0 Å². The highest BCUT2D eigenvalue weighted by Crippen LogP contribution is 2.47. The van der Waals surface area contributed by atoms with E-state index in [0.717, 1.165) is 36.9 Å². The number of piperidine rings is 1. The van der Waals surface area contributed by atoms with Crippen LogP contribution in [0.2, 0.25) is 0 Å². The van der Waals surface area contributed by atoms with Crippen molar-refractivity contribution in [3.63, 3.8) is 0 Å². The molecule has 3 aliphatic rings. The van der Waals surface area contributed by atoms with Crippen LogP contribution in [0.3, 0.4) is 0 Å². The van der Waals surface area contributed by atoms with E-state index in [4.69, 9.17) is 4.74 Å². The number of amides is 1. The van der Waals surface area contributed by atoms with Gasteiger partial charge in [0.05, 0.1) is 11.9 Å². The van der Waals surface area contributed by atoms with Crippen LogP contribution in [-0.4, -0.2) is 57.8 Å². The third kappa shape index (κ3) is 2.83. The molecule has 0 radical (unpaired) electrons. The van der Waals surface area contributed by atoms with Gasteiger partial charge >= 0.3 is 0 Å². The molecular weight excluding hydrogens is 340 g/mol. The zero-order chi connectivity index (χ0) is 17.7. The minimum absolute atomic E-state index is 0.0959. The lowest BCUT2D eigenvalue weighted by Crippen LogP contribution is -2.50. The number of benzene rings is 1. The third-order valence-corrected chi connectivity index (χ3v) is 6.95. The van der Waals surface area contributed by atoms with Crippen LogP contribution in [0, 0.1) is 0 Å². The molecule has 25 heavy (non-hydrogen) atoms. The topological polar surface area (TPSA) is 66.9 Å². The molecule has 1 aromatic carbocycles. The normalized spacial score (nSPS) is 25.4. The average molecular weight is 364 g/mol. The Labute approximate surface area is 148 Å². The second-order valence-corrected chi connectivity index (χ2v) is 9.30. The molecule has 0 unspecified atom stereocenters. The summed E-state index contributed by atoms with van der Waals surface area (Å²) in [6, 6.07) is 7.77. The number of hydrogen-bond donors (Lipinski definition) is 0. The SMILES string of the molecule is CS(=O)(=O)N1CC2(CCN(C(=O)[C@@H]3CCCO3)CC2)c2ccccc21. The smallest absolute Gasteiger partial charge is 0.251 e. The molecule has 0 aromatic heterocycles. The minimum atomic E-state index is -3.30. The summed E-state index contributed by atoms with van der Waals surface area (Å²) in [4.78, 5) is 14.5. The highest BCUT2D eigenvalue weighted by Gasteiger charge is 2.47. The zero-order valence-corrected chi connectivity index (χ0v) is 15.3. The number of carbonyl (C=O) groups is 1. The van der Waals surface area contributed by atoms with Crippen molar-refractivity contribution in [1.82, 2.24) is 4.90 Å². The molecule has 0 N–H and O–H groups in total. The Kier molecular flexibility index (Phi) is 4.03. The number of sulfonamides is 1. The van der Waals surface area contributed by atoms with Crippen LogP contribution in [0.4, 0.5) is 5.69 Å². The molecule has 7 heteroatoms. The molecule has 0 aliphatic carbocycles. The van der Waals surface area contributed by atoms with Crippen LogP contribution in [0.25, 0.3) is 0 Å². The summed E-state index contributed by atoms with van der Waals surface area (Å²) in [5, 5.41) is 0. The lowest BCUT2D eigenvalue weighted by molar-refractivity contribution is -0.142. The number of carbonyl (C=O) groups excluding carboxylic acids is 1. The van der Waals surface area contributed by atoms with Gasteiger partial charge in [-0.05, 0) is 37.3 Å². The molecule has 1 aromatic rings. The van der Waals surface area contributed by atoms with Crippen molar-refractivity contribution in [2.24, 2.45) is 0 Å². The molecule has 1 spiro atoms. The van der Waals surface area contributed by atoms with Crippen molar-refractivity contribution in [3.05, 3.63) is 29.8 Å². The van der Waals surface area contributed by atoms with Crippen LogP contribution in [-0.2, 0) is 25.0 Å². The lowest BCUT2D eigenvalue weighted by atomic mass is 9.74. The lowest BCUT2D eigenvalue weighted by Gasteiger charge is -2.40. The Hall–Kier alpha value is -1.60. The van der Waals surface area contributed by atoms with E-state index in [0.29, 0.717) is 26.2 Å². The first kappa shape index (κ1) is 16.8. The highest BCUT2D eigenvalue weighted by atomic mass is 32.2. The molecule has 0 bridgehead atoms. The summed E-state index contributed by atoms with van der Waals surface area (Å²) in [7, 11) is -3.30. The zero-order valence-electron chi connectivity index (χ0n) is 14.5. The van der Waals surface area contributed by atoms with Gasteiger partial charge in [0.1, 0.15) is 6.10 Å². The average Bonchev–Trinajstić information content (AvgIpc) is 3.23. The van der Waals surface area contributed by atoms with Crippen LogP contribution >= 0.6 is 0 Å². The van der Waals surface area contributed by atoms with E-state index in [2.05, 4.69) is 0 Å². The Morgan fingerprint density at radius 3 is 2.60 bits per heavy atom. The number of para-hydroxylation sites is 1. The van der Waals surface area contributed by atoms with Crippen LogP contribution in [0.5, 0.6) is 0 Å². The Morgan fingerprint density at radius 1 is 1.24 bits per heavy atom. The number of likely N-dealkylation sites (tertiary alicyclic amines) is 1. The summed E-state index contributed by atoms with van der Waals surface area (Å²) in [6.07, 6.45) is 4.32. The minimum Gasteiger partial charge on any atom is -0.368 e. The maximum Gasteiger partial charge on any atom is 0.251 e. The fourth-order valence-electron chi connectivity index (χ4n) is 4.44. The molecule has 1 amide bonds. The van der Waals surface area contributed by atoms with Crippen molar-refractivity contribution in [2.75, 3.05) is 36.8 Å². The summed E-state index contributed by atoms with van der Waals surface area (Å²) < 4.78 is 31.5. The Balaban J connectivity index is 1.55. The van der Waals surface area contributed by atoms with Crippen LogP contribution in [0.15, 0.2) is 24.3 Å². The molecule has 3 heterocycles. The van der Waals surface area contributed by atoms with Crippen molar-refractivity contribution < 1.29 is 17.9 Å². The molecule has 3 aliphatic heterocycles. The van der Waals surface area contributed by atoms with E-state index >= 15 is 0 Å². The molecule has 1 atom stereocenters. The van der Waals surface area contributed by atoms with E-state index in [1.165, 1.54) is 10.6 Å². The van der Waals surface area contributed by atoms with Gasteiger partial charge in [-0.2, -0.15) is 0 Å². The second-order valence-electron chi connectivity index (χ2n) is 7.39. The van der Waals surface area contributed by atoms with E-state index in [-0.39, 0.29) is 17.4 Å². The molecular formula is C18H24N2O4S. The quantitative estimate of drug-likeness (QED) is 0.798. The van der Waals surface area contributed by atoms with Gasteiger partial charge in [-0.1, -0.05) is 18.2 Å². The number of hydrogen-bond acceptors (Lipinski definition) is 4. The molecule has 0 saturated carbocycles. The van der Waals surface area contributed by atoms with E-state index in [1.54, 1.807) is 0 Å². The summed E-state index contributed by atoms with van der Waals surface area (Å²) in [5.41, 5.74) is 1.71. The van der Waals surface area contributed by atoms with Crippen molar-refractivity contribution in [3.8, 4) is 0 Å². The molecule has 4 rings (SSSR count). The van der Waals surface area contributed by atoms with Gasteiger partial charge in [0.25, 0.3) is 5.91 Å². The number of rotatable bonds is 2. The predicted octanol–water partition coefficient (Wildman–Crippen LogP) is 1.51. The summed E-state index contributed by atoms with van der Waals surface area (Å²) >= 11 is 0. The van der Waals surface area contributed by atoms with Gasteiger partial charge in [0, 0.05) is 31.7 Å². The van der Waals surface area contributed by atoms with Gasteiger partial charge in [-0.15, -0.1) is 0 Å². The highest BCUT2D eigenvalue weighted by molar-refractivity contribution is 7.92. The second kappa shape index (κ2) is 5.99. The van der Waals surface area contributed by atoms with Crippen molar-refractivity contribution in [2.45, 2.75) is 37.2 Å². The van der Waals surface area contributed by atoms with Crippen molar-refractivity contribution in [1.29, 1.82) is 0 Å². The monoisotopic (exact) mass is 364 g/mol. The maximum atomic E-state index is 12.6. The standard InChI is InChI=1S/C18H24N2O4S/c1-25(22,23)20-13-18(14-5-2-3-6-15(14)20)8-10-19(11-9-18)17(21)16-7-4-12-24-16/h2-3,5-6,16H,4,7-13H2,1H3/t16-/m0/s1. The van der Waals surface area contributed by atoms with E-state index < -0.39 is 10.0 Å². The van der Waals surface area contributed by atoms with Crippen LogP contribution < -0.4 is 4.31 Å². The fraction of sp³-hybridized carbons (Fsp3) is 0.611. The number of ether oxygens (including phenoxy) is 1. The van der Waals surface area contributed by atoms with E-state index in [9.17, 15) is 13.2 Å². The number of fused-ring (bicyclic) bond motifs is 2. The summed E-state index contributed by atoms with van der Waals surface area (Å²) in [5.74, 6) is 0.0959. The van der Waals surface area contributed by atoms with Gasteiger partial charge in [-0.3, -0.25) is 9.10 Å². The molecule has 2 saturated heterocycles. The Bertz CT molecular complexity index is 778. The fourth-order valence-corrected chi connectivity index (χ4v) is 5.44. The largest absolute Gasteiger partial charge is 0.368 e. The van der Waals surface area contributed by atoms with Crippen molar-refractivity contribution >= 4 is 21.6 Å². The molecule has 2 fully saturated rings. The van der Waals surface area contributed by atoms with E-state index in [1.807, 2.05) is 29.2 Å². The maximum absolute atomic E-state index is 12.6. The van der Waals surface area contributed by atoms with Gasteiger partial charge in [-0.25, -0.2) is 8.42 Å². The molecule has 6 nitrogen and oxygen atoms in total. The first-order chi connectivity index (χ1) is 11.9. The first-order valence-corrected chi connectivity index (χ1v) is 10.7. The van der Waals surface area contributed by atoms with Crippen LogP contribution in [0.1, 0.15) is 31.2 Å². The number of anilines is 1. The number of nitrogens with zero attached hydrogens (tertiary/aromatic N) is 2. The first-order valence-electron chi connectivity index (χ1n) is 8.88. The van der Waals surface area contributed by atoms with Gasteiger partial charge in [0.2, 0.25) is 10.0 Å². The van der Waals surface area contributed by atoms with Gasteiger partial charge < -0.3 is 9.64 Å². The predicted molar refractivity (Wildman–Crippen MR) is 95.1 cm³/mol. The third-order valence-electron chi connectivity index (χ3n) is 5.83. The summed E-state index contributed by atoms with van der Waals surface area (Å²) in [6.45, 7) is 2.47. The Morgan fingerprint density at radius 2 is 1.96 bits per heavy atom. The molecule has 136 valence electrons.